The van der Waals surface area contributed by atoms with Crippen LogP contribution in [-0.4, -0.2) is 17.8 Å². The summed E-state index contributed by atoms with van der Waals surface area (Å²) < 4.78 is 12.8. The third kappa shape index (κ3) is 4.42. The number of cyclic esters (lactones) is 1. The van der Waals surface area contributed by atoms with Gasteiger partial charge in [0, 0.05) is 20.1 Å². The van der Waals surface area contributed by atoms with Crippen LogP contribution in [0.4, 0.5) is 0 Å². The minimum atomic E-state index is -0.612. The van der Waals surface area contributed by atoms with Crippen LogP contribution in [0.3, 0.4) is 0 Å². The van der Waals surface area contributed by atoms with Crippen molar-refractivity contribution in [3.63, 3.8) is 0 Å². The Labute approximate surface area is 212 Å². The van der Waals surface area contributed by atoms with Gasteiger partial charge in [0.05, 0.1) is 10.6 Å². The predicted molar refractivity (Wildman–Crippen MR) is 138 cm³/mol. The summed E-state index contributed by atoms with van der Waals surface area (Å²) in [6.07, 6.45) is 1.53. The zero-order valence-electron chi connectivity index (χ0n) is 17.7. The zero-order chi connectivity index (χ0) is 23.8. The van der Waals surface area contributed by atoms with E-state index in [1.165, 1.54) is 17.4 Å². The molecule has 5 rings (SSSR count). The number of fused-ring (bicyclic) bond motifs is 1. The van der Waals surface area contributed by atoms with Gasteiger partial charge in [-0.3, -0.25) is 0 Å². The average Bonchev–Trinajstić information content (AvgIpc) is 3.35. The van der Waals surface area contributed by atoms with Crippen molar-refractivity contribution < 1.29 is 19.1 Å². The molecule has 4 aromatic rings. The number of esters is 2. The van der Waals surface area contributed by atoms with Crippen molar-refractivity contribution in [2.75, 3.05) is 0 Å². The number of nitrogens with zero attached hydrogens (tertiary/aromatic N) is 1. The highest BCUT2D eigenvalue weighted by Crippen LogP contribution is 2.37. The molecule has 0 atom stereocenters. The molecule has 168 valence electrons. The smallest absolute Gasteiger partial charge is 0.363 e. The first-order chi connectivity index (χ1) is 16.4. The number of aliphatic imine (C=N–C) groups is 1. The quantitative estimate of drug-likeness (QED) is 0.153. The van der Waals surface area contributed by atoms with E-state index in [1.54, 1.807) is 36.4 Å². The van der Waals surface area contributed by atoms with Gasteiger partial charge in [-0.1, -0.05) is 63.4 Å². The van der Waals surface area contributed by atoms with Crippen molar-refractivity contribution >= 4 is 72.9 Å². The number of hydrogen-bond donors (Lipinski definition) is 0. The Morgan fingerprint density at radius 1 is 1.12 bits per heavy atom. The third-order valence-electron chi connectivity index (χ3n) is 5.07. The van der Waals surface area contributed by atoms with Crippen molar-refractivity contribution in [2.45, 2.75) is 6.92 Å². The number of carbonyl (C=O) groups is 2. The van der Waals surface area contributed by atoms with E-state index in [0.717, 1.165) is 20.1 Å². The molecule has 0 saturated carbocycles. The lowest BCUT2D eigenvalue weighted by Gasteiger charge is -2.09. The van der Waals surface area contributed by atoms with Gasteiger partial charge in [-0.15, -0.1) is 11.3 Å². The molecular formula is C26H15BrClNO4S. The van der Waals surface area contributed by atoms with Crippen LogP contribution < -0.4 is 4.74 Å². The van der Waals surface area contributed by atoms with Crippen LogP contribution in [0.15, 0.2) is 81.9 Å². The molecule has 0 unspecified atom stereocenters. The van der Waals surface area contributed by atoms with Crippen molar-refractivity contribution in [1.82, 2.24) is 0 Å². The molecule has 0 aliphatic carbocycles. The Balaban J connectivity index is 1.49. The van der Waals surface area contributed by atoms with Crippen LogP contribution in [-0.2, 0) is 9.53 Å². The summed E-state index contributed by atoms with van der Waals surface area (Å²) in [4.78, 5) is 30.3. The fraction of sp³-hybridized carbons (Fsp3) is 0.0385. The minimum absolute atomic E-state index is 0.0782. The van der Waals surface area contributed by atoms with E-state index >= 15 is 0 Å². The zero-order valence-corrected chi connectivity index (χ0v) is 20.8. The number of benzene rings is 3. The number of aryl methyl sites for hydroxylation is 1. The van der Waals surface area contributed by atoms with Gasteiger partial charge in [-0.2, -0.15) is 0 Å². The van der Waals surface area contributed by atoms with E-state index in [1.807, 2.05) is 37.3 Å². The molecular weight excluding hydrogens is 538 g/mol. The van der Waals surface area contributed by atoms with Crippen LogP contribution in [0.1, 0.15) is 26.4 Å². The van der Waals surface area contributed by atoms with Gasteiger partial charge in [0.25, 0.3) is 0 Å². The highest BCUT2D eigenvalue weighted by atomic mass is 79.9. The maximum Gasteiger partial charge on any atom is 0.363 e. The van der Waals surface area contributed by atoms with E-state index in [2.05, 4.69) is 20.9 Å². The molecule has 0 spiro atoms. The number of carbonyl (C=O) groups excluding carboxylic acids is 2. The second-order valence-electron chi connectivity index (χ2n) is 7.52. The molecule has 0 bridgehead atoms. The summed E-state index contributed by atoms with van der Waals surface area (Å²) in [6, 6.07) is 19.9. The molecule has 0 saturated heterocycles. The first-order valence-corrected chi connectivity index (χ1v) is 12.2. The lowest BCUT2D eigenvalue weighted by atomic mass is 10.1. The van der Waals surface area contributed by atoms with E-state index in [0.29, 0.717) is 26.8 Å². The van der Waals surface area contributed by atoms with Gasteiger partial charge in [0.15, 0.2) is 5.70 Å². The van der Waals surface area contributed by atoms with Gasteiger partial charge < -0.3 is 9.47 Å². The summed E-state index contributed by atoms with van der Waals surface area (Å²) in [6.45, 7) is 1.90. The summed E-state index contributed by atoms with van der Waals surface area (Å²) in [5.41, 5.74) is 1.95. The SMILES string of the molecule is Cc1cccc(C(=O)Oc2ccc(Br)cc2/C=C2/N=C(c3sc4ccccc4c3Cl)OC2=O)c1. The second-order valence-corrected chi connectivity index (χ2v) is 9.86. The van der Waals surface area contributed by atoms with E-state index < -0.39 is 11.9 Å². The molecule has 3 aromatic carbocycles. The van der Waals surface area contributed by atoms with Crippen LogP contribution >= 0.6 is 38.9 Å². The molecule has 34 heavy (non-hydrogen) atoms. The standard InChI is InChI=1S/C26H15BrClNO4S/c1-14-5-4-6-15(11-14)25(30)32-20-10-9-17(27)12-16(20)13-19-26(31)33-24(29-19)23-22(28)18-7-2-3-8-21(18)34-23/h2-13H,1H3/b19-13+. The molecule has 0 amide bonds. The predicted octanol–water partition coefficient (Wildman–Crippen LogP) is 7.19. The Morgan fingerprint density at radius 2 is 1.94 bits per heavy atom. The highest BCUT2D eigenvalue weighted by Gasteiger charge is 2.28. The lowest BCUT2D eigenvalue weighted by Crippen LogP contribution is -2.09. The number of thiophene rings is 1. The molecule has 0 N–H and O–H groups in total. The van der Waals surface area contributed by atoms with Gasteiger partial charge in [-0.25, -0.2) is 14.6 Å². The summed E-state index contributed by atoms with van der Waals surface area (Å²) >= 11 is 11.3. The Morgan fingerprint density at radius 3 is 2.74 bits per heavy atom. The molecule has 0 fully saturated rings. The molecule has 8 heteroatoms. The van der Waals surface area contributed by atoms with Gasteiger partial charge in [0.1, 0.15) is 10.6 Å². The molecule has 1 aromatic heterocycles. The first-order valence-electron chi connectivity index (χ1n) is 10.2. The Kier molecular flexibility index (Phi) is 6.08. The number of ether oxygens (including phenoxy) is 2. The Hall–Kier alpha value is -3.26. The van der Waals surface area contributed by atoms with E-state index in [4.69, 9.17) is 21.1 Å². The Bertz CT molecular complexity index is 1540. The van der Waals surface area contributed by atoms with E-state index in [-0.39, 0.29) is 11.6 Å². The summed E-state index contributed by atoms with van der Waals surface area (Å²) in [5.74, 6) is -0.672. The fourth-order valence-corrected chi connectivity index (χ4v) is 5.28. The maximum absolute atomic E-state index is 12.7. The second kappa shape index (κ2) is 9.18. The van der Waals surface area contributed by atoms with Crippen molar-refractivity contribution in [3.05, 3.63) is 103 Å². The average molecular weight is 553 g/mol. The van der Waals surface area contributed by atoms with Crippen molar-refractivity contribution in [1.29, 1.82) is 0 Å². The third-order valence-corrected chi connectivity index (χ3v) is 7.23. The van der Waals surface area contributed by atoms with Gasteiger partial charge in [0.2, 0.25) is 5.90 Å². The number of halogens is 2. The molecule has 5 nitrogen and oxygen atoms in total. The number of hydrogen-bond acceptors (Lipinski definition) is 6. The summed E-state index contributed by atoms with van der Waals surface area (Å²) in [5, 5.41) is 1.36. The minimum Gasteiger partial charge on any atom is -0.422 e. The van der Waals surface area contributed by atoms with Gasteiger partial charge in [-0.05, 0) is 49.4 Å². The van der Waals surface area contributed by atoms with Crippen LogP contribution in [0.2, 0.25) is 5.02 Å². The largest absolute Gasteiger partial charge is 0.422 e. The lowest BCUT2D eigenvalue weighted by molar-refractivity contribution is -0.129. The highest BCUT2D eigenvalue weighted by molar-refractivity contribution is 9.10. The van der Waals surface area contributed by atoms with Crippen molar-refractivity contribution in [2.24, 2.45) is 4.99 Å². The van der Waals surface area contributed by atoms with Crippen molar-refractivity contribution in [3.8, 4) is 5.75 Å². The first kappa shape index (κ1) is 22.5. The fourth-order valence-electron chi connectivity index (χ4n) is 3.46. The van der Waals surface area contributed by atoms with Gasteiger partial charge >= 0.3 is 11.9 Å². The molecule has 1 aliphatic heterocycles. The maximum atomic E-state index is 12.7. The van der Waals surface area contributed by atoms with E-state index in [9.17, 15) is 9.59 Å². The number of rotatable bonds is 4. The molecule has 0 radical (unpaired) electrons. The van der Waals surface area contributed by atoms with Crippen LogP contribution in [0, 0.1) is 6.92 Å². The van der Waals surface area contributed by atoms with Crippen LogP contribution in [0.5, 0.6) is 5.75 Å². The topological polar surface area (TPSA) is 65.0 Å². The molecule has 2 heterocycles. The summed E-state index contributed by atoms with van der Waals surface area (Å²) in [7, 11) is 0. The normalized spacial score (nSPS) is 14.4. The monoisotopic (exact) mass is 551 g/mol. The van der Waals surface area contributed by atoms with Crippen LogP contribution in [0.25, 0.3) is 16.2 Å². The molecule has 1 aliphatic rings.